The highest BCUT2D eigenvalue weighted by molar-refractivity contribution is 6.06. The standard InChI is InChI=1S/C25H22N2O3/c1-3-17-8-10-18(11-9-17)24(28)26-20-12-13-21(16(2)14-20)27-25(29)23-15-19-6-4-5-7-22(19)30-23/h4-15H,3H2,1-2H3,(H,26,28)(H,27,29). The van der Waals surface area contributed by atoms with Crippen molar-refractivity contribution in [1.82, 2.24) is 0 Å². The summed E-state index contributed by atoms with van der Waals surface area (Å²) >= 11 is 0. The molecule has 0 unspecified atom stereocenters. The van der Waals surface area contributed by atoms with E-state index in [1.165, 1.54) is 5.56 Å². The van der Waals surface area contributed by atoms with E-state index in [0.717, 1.165) is 17.4 Å². The molecule has 5 nitrogen and oxygen atoms in total. The van der Waals surface area contributed by atoms with Crippen molar-refractivity contribution in [2.24, 2.45) is 0 Å². The van der Waals surface area contributed by atoms with Gasteiger partial charge in [0.1, 0.15) is 5.58 Å². The van der Waals surface area contributed by atoms with Gasteiger partial charge in [-0.2, -0.15) is 0 Å². The zero-order chi connectivity index (χ0) is 21.1. The molecular formula is C25H22N2O3. The van der Waals surface area contributed by atoms with Crippen LogP contribution in [0.2, 0.25) is 0 Å². The lowest BCUT2D eigenvalue weighted by atomic mass is 10.1. The van der Waals surface area contributed by atoms with Crippen molar-refractivity contribution < 1.29 is 14.0 Å². The topological polar surface area (TPSA) is 71.3 Å². The third-order valence-electron chi connectivity index (χ3n) is 5.01. The Morgan fingerprint density at radius 3 is 2.33 bits per heavy atom. The van der Waals surface area contributed by atoms with Crippen LogP contribution in [0.5, 0.6) is 0 Å². The molecular weight excluding hydrogens is 376 g/mol. The van der Waals surface area contributed by atoms with Gasteiger partial charge in [-0.15, -0.1) is 0 Å². The maximum atomic E-state index is 12.6. The molecule has 4 aromatic rings. The van der Waals surface area contributed by atoms with E-state index in [9.17, 15) is 9.59 Å². The number of hydrogen-bond acceptors (Lipinski definition) is 3. The Morgan fingerprint density at radius 2 is 1.63 bits per heavy atom. The molecule has 0 bridgehead atoms. The van der Waals surface area contributed by atoms with Gasteiger partial charge < -0.3 is 15.1 Å². The van der Waals surface area contributed by atoms with Gasteiger partial charge in [-0.05, 0) is 66.9 Å². The fourth-order valence-electron chi connectivity index (χ4n) is 3.25. The van der Waals surface area contributed by atoms with Crippen molar-refractivity contribution in [2.45, 2.75) is 20.3 Å². The second kappa shape index (κ2) is 8.25. The molecule has 0 aliphatic carbocycles. The Balaban J connectivity index is 1.45. The van der Waals surface area contributed by atoms with E-state index < -0.39 is 0 Å². The molecule has 4 rings (SSSR count). The molecule has 5 heteroatoms. The first-order valence-corrected chi connectivity index (χ1v) is 9.84. The summed E-state index contributed by atoms with van der Waals surface area (Å²) in [5, 5.41) is 6.64. The van der Waals surface area contributed by atoms with Gasteiger partial charge >= 0.3 is 0 Å². The summed E-state index contributed by atoms with van der Waals surface area (Å²) in [6, 6.07) is 22.1. The molecule has 0 saturated carbocycles. The predicted octanol–water partition coefficient (Wildman–Crippen LogP) is 5.81. The van der Waals surface area contributed by atoms with E-state index in [1.807, 2.05) is 61.5 Å². The van der Waals surface area contributed by atoms with E-state index >= 15 is 0 Å². The molecule has 2 N–H and O–H groups in total. The maximum absolute atomic E-state index is 12.6. The lowest BCUT2D eigenvalue weighted by molar-refractivity contribution is 0.0996. The molecule has 2 amide bonds. The minimum Gasteiger partial charge on any atom is -0.451 e. The molecule has 3 aromatic carbocycles. The number of benzene rings is 3. The van der Waals surface area contributed by atoms with E-state index in [4.69, 9.17) is 4.42 Å². The van der Waals surface area contributed by atoms with Crippen molar-refractivity contribution in [3.63, 3.8) is 0 Å². The highest BCUT2D eigenvalue weighted by atomic mass is 16.3. The smallest absolute Gasteiger partial charge is 0.291 e. The molecule has 0 spiro atoms. The number of anilines is 2. The van der Waals surface area contributed by atoms with Crippen LogP contribution in [0.4, 0.5) is 11.4 Å². The Kier molecular flexibility index (Phi) is 5.35. The summed E-state index contributed by atoms with van der Waals surface area (Å²) in [5.41, 5.74) is 4.62. The maximum Gasteiger partial charge on any atom is 0.291 e. The highest BCUT2D eigenvalue weighted by Crippen LogP contribution is 2.23. The van der Waals surface area contributed by atoms with E-state index in [0.29, 0.717) is 22.5 Å². The van der Waals surface area contributed by atoms with Gasteiger partial charge in [0.2, 0.25) is 0 Å². The van der Waals surface area contributed by atoms with Crippen molar-refractivity contribution >= 4 is 34.2 Å². The number of amides is 2. The molecule has 30 heavy (non-hydrogen) atoms. The number of carbonyl (C=O) groups excluding carboxylic acids is 2. The molecule has 0 fully saturated rings. The average molecular weight is 398 g/mol. The number of hydrogen-bond donors (Lipinski definition) is 2. The highest BCUT2D eigenvalue weighted by Gasteiger charge is 2.14. The lowest BCUT2D eigenvalue weighted by Crippen LogP contribution is -2.14. The number of fused-ring (bicyclic) bond motifs is 1. The van der Waals surface area contributed by atoms with E-state index in [2.05, 4.69) is 17.6 Å². The lowest BCUT2D eigenvalue weighted by Gasteiger charge is -2.11. The summed E-state index contributed by atoms with van der Waals surface area (Å²) < 4.78 is 5.61. The summed E-state index contributed by atoms with van der Waals surface area (Å²) in [5.74, 6) is -0.235. The van der Waals surface area contributed by atoms with Gasteiger partial charge in [-0.1, -0.05) is 37.3 Å². The van der Waals surface area contributed by atoms with Gasteiger partial charge in [0.15, 0.2) is 5.76 Å². The normalized spacial score (nSPS) is 10.7. The van der Waals surface area contributed by atoms with E-state index in [-0.39, 0.29) is 17.6 Å². The van der Waals surface area contributed by atoms with Crippen LogP contribution < -0.4 is 10.6 Å². The van der Waals surface area contributed by atoms with Gasteiger partial charge in [0.05, 0.1) is 0 Å². The molecule has 1 aromatic heterocycles. The number of nitrogens with one attached hydrogen (secondary N) is 2. The van der Waals surface area contributed by atoms with Gasteiger partial charge in [0.25, 0.3) is 11.8 Å². The summed E-state index contributed by atoms with van der Waals surface area (Å²) in [6.45, 7) is 3.95. The fourth-order valence-corrected chi connectivity index (χ4v) is 3.25. The summed E-state index contributed by atoms with van der Waals surface area (Å²) in [7, 11) is 0. The quantitative estimate of drug-likeness (QED) is 0.446. The molecule has 0 atom stereocenters. The van der Waals surface area contributed by atoms with E-state index in [1.54, 1.807) is 18.2 Å². The Labute approximate surface area is 174 Å². The van der Waals surface area contributed by atoms with Crippen molar-refractivity contribution in [2.75, 3.05) is 10.6 Å². The predicted molar refractivity (Wildman–Crippen MR) is 119 cm³/mol. The Bertz CT molecular complexity index is 1190. The SMILES string of the molecule is CCc1ccc(C(=O)Nc2ccc(NC(=O)c3cc4ccccc4o3)c(C)c2)cc1. The Hall–Kier alpha value is -3.86. The minimum atomic E-state index is -0.318. The second-order valence-corrected chi connectivity index (χ2v) is 7.14. The third kappa shape index (κ3) is 4.10. The van der Waals surface area contributed by atoms with Crippen LogP contribution in [0.25, 0.3) is 11.0 Å². The van der Waals surface area contributed by atoms with Crippen molar-refractivity contribution in [3.8, 4) is 0 Å². The molecule has 0 aliphatic rings. The van der Waals surface area contributed by atoms with Crippen molar-refractivity contribution in [1.29, 1.82) is 0 Å². The minimum absolute atomic E-state index is 0.170. The first-order valence-electron chi connectivity index (χ1n) is 9.84. The number of carbonyl (C=O) groups is 2. The first-order chi connectivity index (χ1) is 14.5. The molecule has 0 aliphatic heterocycles. The average Bonchev–Trinajstić information content (AvgIpc) is 3.20. The fraction of sp³-hybridized carbons (Fsp3) is 0.120. The summed E-state index contributed by atoms with van der Waals surface area (Å²) in [4.78, 5) is 25.0. The second-order valence-electron chi connectivity index (χ2n) is 7.14. The molecule has 1 heterocycles. The van der Waals surface area contributed by atoms with Gasteiger partial charge in [-0.3, -0.25) is 9.59 Å². The number of furan rings is 1. The van der Waals surface area contributed by atoms with Crippen LogP contribution in [-0.4, -0.2) is 11.8 Å². The first kappa shape index (κ1) is 19.5. The van der Waals surface area contributed by atoms with Gasteiger partial charge in [0, 0.05) is 22.3 Å². The zero-order valence-corrected chi connectivity index (χ0v) is 16.9. The monoisotopic (exact) mass is 398 g/mol. The molecule has 0 radical (unpaired) electrons. The molecule has 150 valence electrons. The largest absolute Gasteiger partial charge is 0.451 e. The zero-order valence-electron chi connectivity index (χ0n) is 16.9. The van der Waals surface area contributed by atoms with Crippen LogP contribution in [0.15, 0.2) is 77.2 Å². The van der Waals surface area contributed by atoms with Gasteiger partial charge in [-0.25, -0.2) is 0 Å². The third-order valence-corrected chi connectivity index (χ3v) is 5.01. The van der Waals surface area contributed by atoms with Crippen LogP contribution >= 0.6 is 0 Å². The van der Waals surface area contributed by atoms with Crippen LogP contribution in [0, 0.1) is 6.92 Å². The number of rotatable bonds is 5. The van der Waals surface area contributed by atoms with Crippen LogP contribution in [0.3, 0.4) is 0 Å². The number of aryl methyl sites for hydroxylation is 2. The van der Waals surface area contributed by atoms with Crippen LogP contribution in [0.1, 0.15) is 39.0 Å². The summed E-state index contributed by atoms with van der Waals surface area (Å²) in [6.07, 6.45) is 0.933. The van der Waals surface area contributed by atoms with Crippen molar-refractivity contribution in [3.05, 3.63) is 95.2 Å². The Morgan fingerprint density at radius 1 is 0.867 bits per heavy atom. The number of para-hydroxylation sites is 1. The van der Waals surface area contributed by atoms with Crippen LogP contribution in [-0.2, 0) is 6.42 Å². The molecule has 0 saturated heterocycles.